The molecule has 1 aromatic carbocycles. The van der Waals surface area contributed by atoms with Gasteiger partial charge in [-0.3, -0.25) is 4.90 Å². The summed E-state index contributed by atoms with van der Waals surface area (Å²) in [6.45, 7) is 6.27. The number of benzene rings is 1. The predicted octanol–water partition coefficient (Wildman–Crippen LogP) is 1.12. The lowest BCUT2D eigenvalue weighted by molar-refractivity contribution is 0.122. The lowest BCUT2D eigenvalue weighted by Crippen LogP contribution is -2.36. The molecule has 2 N–H and O–H groups in total. The molecule has 6 heteroatoms. The van der Waals surface area contributed by atoms with Crippen LogP contribution in [0.4, 0.5) is 16.2 Å². The van der Waals surface area contributed by atoms with E-state index in [-0.39, 0.29) is 12.2 Å². The number of carbonyl (C=O) groups excluding carboxylic acids is 1. The van der Waals surface area contributed by atoms with Crippen molar-refractivity contribution in [2.45, 2.75) is 13.0 Å². The number of anilines is 2. The van der Waals surface area contributed by atoms with E-state index in [4.69, 9.17) is 15.2 Å². The van der Waals surface area contributed by atoms with Crippen molar-refractivity contribution >= 4 is 17.5 Å². The third-order valence-corrected chi connectivity index (χ3v) is 3.98. The van der Waals surface area contributed by atoms with Crippen molar-refractivity contribution in [2.75, 3.05) is 49.2 Å². The van der Waals surface area contributed by atoms with Crippen molar-refractivity contribution in [3.63, 3.8) is 0 Å². The van der Waals surface area contributed by atoms with Crippen molar-refractivity contribution in [1.82, 2.24) is 0 Å². The number of ether oxygens (including phenoxy) is 2. The summed E-state index contributed by atoms with van der Waals surface area (Å²) in [5.74, 6) is 0. The first-order chi connectivity index (χ1) is 10.2. The summed E-state index contributed by atoms with van der Waals surface area (Å²) in [5.41, 5.74) is 8.78. The second kappa shape index (κ2) is 5.91. The zero-order valence-electron chi connectivity index (χ0n) is 12.2. The summed E-state index contributed by atoms with van der Waals surface area (Å²) in [7, 11) is 0. The van der Waals surface area contributed by atoms with Crippen LogP contribution in [0.1, 0.15) is 5.56 Å². The van der Waals surface area contributed by atoms with Crippen molar-refractivity contribution in [2.24, 2.45) is 5.73 Å². The van der Waals surface area contributed by atoms with E-state index in [2.05, 4.69) is 17.9 Å². The number of hydrogen-bond donors (Lipinski definition) is 1. The van der Waals surface area contributed by atoms with Gasteiger partial charge < -0.3 is 20.1 Å². The Morgan fingerprint density at radius 2 is 2.10 bits per heavy atom. The van der Waals surface area contributed by atoms with Crippen LogP contribution in [0.3, 0.4) is 0 Å². The molecule has 0 saturated carbocycles. The maximum absolute atomic E-state index is 11.9. The molecule has 2 fully saturated rings. The van der Waals surface area contributed by atoms with Crippen LogP contribution < -0.4 is 15.5 Å². The molecule has 1 aromatic rings. The number of cyclic esters (lactones) is 1. The number of hydrogen-bond acceptors (Lipinski definition) is 5. The molecule has 2 aliphatic heterocycles. The quantitative estimate of drug-likeness (QED) is 0.903. The average Bonchev–Trinajstić information content (AvgIpc) is 2.89. The number of carbonyl (C=O) groups is 1. The SMILES string of the molecule is Cc1cc(N2C[C@H](CN)OC2=O)ccc1N1CCOCC1. The van der Waals surface area contributed by atoms with Gasteiger partial charge in [-0.25, -0.2) is 4.79 Å². The van der Waals surface area contributed by atoms with Crippen molar-refractivity contribution in [3.8, 4) is 0 Å². The summed E-state index contributed by atoms with van der Waals surface area (Å²) in [6.07, 6.45) is -0.527. The van der Waals surface area contributed by atoms with E-state index in [0.717, 1.165) is 37.6 Å². The van der Waals surface area contributed by atoms with Gasteiger partial charge in [0, 0.05) is 31.0 Å². The van der Waals surface area contributed by atoms with Crippen LogP contribution in [-0.2, 0) is 9.47 Å². The molecule has 1 amide bonds. The topological polar surface area (TPSA) is 68.0 Å². The maximum Gasteiger partial charge on any atom is 0.414 e. The molecule has 0 spiro atoms. The van der Waals surface area contributed by atoms with Gasteiger partial charge >= 0.3 is 6.09 Å². The zero-order chi connectivity index (χ0) is 14.8. The fourth-order valence-corrected chi connectivity index (χ4v) is 2.82. The van der Waals surface area contributed by atoms with E-state index < -0.39 is 0 Å². The minimum atomic E-state index is -0.316. The van der Waals surface area contributed by atoms with Crippen molar-refractivity contribution in [1.29, 1.82) is 0 Å². The molecule has 0 aliphatic carbocycles. The summed E-state index contributed by atoms with van der Waals surface area (Å²) >= 11 is 0. The van der Waals surface area contributed by atoms with E-state index >= 15 is 0 Å². The number of morpholine rings is 1. The van der Waals surface area contributed by atoms with Crippen LogP contribution in [0.15, 0.2) is 18.2 Å². The Balaban J connectivity index is 1.79. The number of amides is 1. The van der Waals surface area contributed by atoms with Gasteiger partial charge in [-0.15, -0.1) is 0 Å². The minimum absolute atomic E-state index is 0.211. The normalized spacial score (nSPS) is 22.6. The first kappa shape index (κ1) is 14.2. The van der Waals surface area contributed by atoms with Crippen LogP contribution in [0.5, 0.6) is 0 Å². The standard InChI is InChI=1S/C15H21N3O3/c1-11-8-12(18-10-13(9-16)21-15(18)19)2-3-14(11)17-4-6-20-7-5-17/h2-3,8,13H,4-7,9-10,16H2,1H3/t13-/m0/s1. The molecule has 0 radical (unpaired) electrons. The van der Waals surface area contributed by atoms with Crippen LogP contribution >= 0.6 is 0 Å². The van der Waals surface area contributed by atoms with Gasteiger partial charge in [0.05, 0.1) is 19.8 Å². The molecule has 21 heavy (non-hydrogen) atoms. The van der Waals surface area contributed by atoms with E-state index in [1.54, 1.807) is 4.90 Å². The Labute approximate surface area is 124 Å². The number of rotatable bonds is 3. The number of nitrogens with zero attached hydrogens (tertiary/aromatic N) is 2. The molecule has 0 aromatic heterocycles. The number of nitrogens with two attached hydrogens (primary N) is 1. The van der Waals surface area contributed by atoms with Gasteiger partial charge in [-0.2, -0.15) is 0 Å². The highest BCUT2D eigenvalue weighted by molar-refractivity contribution is 5.90. The molecular formula is C15H21N3O3. The van der Waals surface area contributed by atoms with Crippen LogP contribution in [0.2, 0.25) is 0 Å². The van der Waals surface area contributed by atoms with Gasteiger partial charge in [0.1, 0.15) is 6.10 Å². The second-order valence-corrected chi connectivity index (χ2v) is 5.42. The molecular weight excluding hydrogens is 270 g/mol. The van der Waals surface area contributed by atoms with E-state index in [1.807, 2.05) is 12.1 Å². The summed E-state index contributed by atoms with van der Waals surface area (Å²) in [5, 5.41) is 0. The summed E-state index contributed by atoms with van der Waals surface area (Å²) in [6, 6.07) is 6.07. The third-order valence-electron chi connectivity index (χ3n) is 3.98. The van der Waals surface area contributed by atoms with Gasteiger partial charge in [-0.05, 0) is 30.7 Å². The highest BCUT2D eigenvalue weighted by atomic mass is 16.6. The highest BCUT2D eigenvalue weighted by Crippen LogP contribution is 2.28. The zero-order valence-corrected chi connectivity index (χ0v) is 12.2. The summed E-state index contributed by atoms with van der Waals surface area (Å²) < 4.78 is 10.6. The lowest BCUT2D eigenvalue weighted by Gasteiger charge is -2.30. The van der Waals surface area contributed by atoms with Gasteiger partial charge in [0.2, 0.25) is 0 Å². The Kier molecular flexibility index (Phi) is 3.98. The average molecular weight is 291 g/mol. The summed E-state index contributed by atoms with van der Waals surface area (Å²) in [4.78, 5) is 15.8. The van der Waals surface area contributed by atoms with E-state index in [0.29, 0.717) is 13.1 Å². The third kappa shape index (κ3) is 2.82. The molecule has 2 heterocycles. The van der Waals surface area contributed by atoms with Crippen LogP contribution in [0.25, 0.3) is 0 Å². The molecule has 0 bridgehead atoms. The minimum Gasteiger partial charge on any atom is -0.443 e. The first-order valence-electron chi connectivity index (χ1n) is 7.30. The van der Waals surface area contributed by atoms with Crippen molar-refractivity contribution < 1.29 is 14.3 Å². The smallest absolute Gasteiger partial charge is 0.414 e. The Bertz CT molecular complexity index is 529. The van der Waals surface area contributed by atoms with Gasteiger partial charge in [0.25, 0.3) is 0 Å². The molecule has 3 rings (SSSR count). The Hall–Kier alpha value is -1.79. The lowest BCUT2D eigenvalue weighted by atomic mass is 10.1. The molecule has 6 nitrogen and oxygen atoms in total. The molecule has 0 unspecified atom stereocenters. The van der Waals surface area contributed by atoms with Gasteiger partial charge in [-0.1, -0.05) is 0 Å². The van der Waals surface area contributed by atoms with Crippen molar-refractivity contribution in [3.05, 3.63) is 23.8 Å². The fourth-order valence-electron chi connectivity index (χ4n) is 2.82. The van der Waals surface area contributed by atoms with E-state index in [9.17, 15) is 4.79 Å². The highest BCUT2D eigenvalue weighted by Gasteiger charge is 2.31. The molecule has 2 aliphatic rings. The largest absolute Gasteiger partial charge is 0.443 e. The first-order valence-corrected chi connectivity index (χ1v) is 7.30. The monoisotopic (exact) mass is 291 g/mol. The Morgan fingerprint density at radius 1 is 1.33 bits per heavy atom. The second-order valence-electron chi connectivity index (χ2n) is 5.42. The molecule has 2 saturated heterocycles. The number of aryl methyl sites for hydroxylation is 1. The fraction of sp³-hybridized carbons (Fsp3) is 0.533. The molecule has 1 atom stereocenters. The Morgan fingerprint density at radius 3 is 2.71 bits per heavy atom. The molecule has 114 valence electrons. The van der Waals surface area contributed by atoms with E-state index in [1.165, 1.54) is 5.69 Å². The van der Waals surface area contributed by atoms with Gasteiger partial charge in [0.15, 0.2) is 0 Å². The maximum atomic E-state index is 11.9. The van der Waals surface area contributed by atoms with Crippen LogP contribution in [-0.4, -0.2) is 51.6 Å². The predicted molar refractivity (Wildman–Crippen MR) is 80.9 cm³/mol. The van der Waals surface area contributed by atoms with Crippen LogP contribution in [0, 0.1) is 6.92 Å².